The third-order valence-electron chi connectivity index (χ3n) is 4.36. The Morgan fingerprint density at radius 2 is 1.70 bits per heavy atom. The molecule has 0 aliphatic rings. The smallest absolute Gasteiger partial charge is 0.408 e. The van der Waals surface area contributed by atoms with Crippen molar-refractivity contribution in [2.24, 2.45) is 0 Å². The van der Waals surface area contributed by atoms with Gasteiger partial charge in [-0.05, 0) is 72.1 Å². The highest BCUT2D eigenvalue weighted by atomic mass is 16.6. The van der Waals surface area contributed by atoms with Gasteiger partial charge in [0.2, 0.25) is 5.91 Å². The summed E-state index contributed by atoms with van der Waals surface area (Å²) in [6.45, 7) is 14.1. The third-order valence-corrected chi connectivity index (χ3v) is 4.36. The van der Waals surface area contributed by atoms with Gasteiger partial charge in [-0.2, -0.15) is 0 Å². The Morgan fingerprint density at radius 3 is 2.20 bits per heavy atom. The molecule has 164 valence electrons. The number of amides is 3. The van der Waals surface area contributed by atoms with Gasteiger partial charge in [-0.1, -0.05) is 24.6 Å². The van der Waals surface area contributed by atoms with Crippen molar-refractivity contribution >= 4 is 17.9 Å². The Hall–Kier alpha value is -3.01. The molecular formula is C23H33N3O4. The minimum atomic E-state index is -1.03. The van der Waals surface area contributed by atoms with Gasteiger partial charge in [0, 0.05) is 12.1 Å². The second kappa shape index (κ2) is 10.1. The summed E-state index contributed by atoms with van der Waals surface area (Å²) in [5.41, 5.74) is 1.75. The topological polar surface area (TPSA) is 87.7 Å². The molecule has 0 saturated heterocycles. The lowest BCUT2D eigenvalue weighted by atomic mass is 9.95. The Balaban J connectivity index is 3.27. The van der Waals surface area contributed by atoms with Crippen LogP contribution in [0.4, 0.5) is 4.79 Å². The van der Waals surface area contributed by atoms with Crippen molar-refractivity contribution in [1.82, 2.24) is 15.5 Å². The lowest BCUT2D eigenvalue weighted by Crippen LogP contribution is -2.51. The predicted octanol–water partition coefficient (Wildman–Crippen LogP) is 3.20. The second-order valence-corrected chi connectivity index (χ2v) is 8.56. The average molecular weight is 416 g/mol. The van der Waals surface area contributed by atoms with E-state index in [1.807, 2.05) is 39.8 Å². The highest BCUT2D eigenvalue weighted by Crippen LogP contribution is 2.27. The fourth-order valence-corrected chi connectivity index (χ4v) is 2.85. The first kappa shape index (κ1) is 25.0. The van der Waals surface area contributed by atoms with Gasteiger partial charge in [-0.25, -0.2) is 4.79 Å². The van der Waals surface area contributed by atoms with E-state index in [4.69, 9.17) is 11.2 Å². The van der Waals surface area contributed by atoms with Crippen LogP contribution in [0.2, 0.25) is 0 Å². The molecule has 1 rings (SSSR count). The fraction of sp³-hybridized carbons (Fsp3) is 0.522. The van der Waals surface area contributed by atoms with Crippen LogP contribution in [0.5, 0.6) is 0 Å². The van der Waals surface area contributed by atoms with Gasteiger partial charge in [0.1, 0.15) is 17.7 Å². The van der Waals surface area contributed by atoms with E-state index in [0.29, 0.717) is 5.56 Å². The van der Waals surface area contributed by atoms with E-state index < -0.39 is 35.6 Å². The summed E-state index contributed by atoms with van der Waals surface area (Å²) in [6, 6.07) is 5.68. The Bertz CT molecular complexity index is 834. The second-order valence-electron chi connectivity index (χ2n) is 8.56. The lowest BCUT2D eigenvalue weighted by molar-refractivity contribution is -0.138. The number of hydrogen-bond donors (Lipinski definition) is 2. The molecule has 1 aromatic rings. The van der Waals surface area contributed by atoms with Crippen LogP contribution in [-0.2, 0) is 14.3 Å². The maximum absolute atomic E-state index is 13.1. The monoisotopic (exact) mass is 415 g/mol. The molecule has 0 aromatic heterocycles. The van der Waals surface area contributed by atoms with Crippen LogP contribution in [0, 0.1) is 26.3 Å². The zero-order valence-electron chi connectivity index (χ0n) is 19.1. The van der Waals surface area contributed by atoms with Crippen LogP contribution in [-0.4, -0.2) is 40.5 Å². The zero-order chi connectivity index (χ0) is 23.2. The van der Waals surface area contributed by atoms with Crippen molar-refractivity contribution in [2.75, 3.05) is 0 Å². The van der Waals surface area contributed by atoms with Crippen molar-refractivity contribution in [3.8, 4) is 12.5 Å². The summed E-state index contributed by atoms with van der Waals surface area (Å²) in [6.07, 6.45) is 4.93. The van der Waals surface area contributed by atoms with Gasteiger partial charge >= 0.3 is 6.09 Å². The molecule has 2 N–H and O–H groups in total. The van der Waals surface area contributed by atoms with Gasteiger partial charge in [-0.3, -0.25) is 14.5 Å². The number of ether oxygens (including phenoxy) is 1. The molecule has 2 unspecified atom stereocenters. The molecule has 0 aliphatic heterocycles. The summed E-state index contributed by atoms with van der Waals surface area (Å²) in [4.78, 5) is 39.2. The summed E-state index contributed by atoms with van der Waals surface area (Å²) < 4.78 is 5.20. The third kappa shape index (κ3) is 6.80. The molecule has 30 heavy (non-hydrogen) atoms. The molecule has 0 heterocycles. The molecule has 0 radical (unpaired) electrons. The predicted molar refractivity (Wildman–Crippen MR) is 116 cm³/mol. The minimum Gasteiger partial charge on any atom is -0.444 e. The van der Waals surface area contributed by atoms with Crippen molar-refractivity contribution in [3.05, 3.63) is 34.9 Å². The molecule has 3 amide bonds. The molecule has 1 aromatic carbocycles. The molecule has 0 saturated carbocycles. The average Bonchev–Trinajstić information content (AvgIpc) is 2.59. The van der Waals surface area contributed by atoms with Crippen LogP contribution < -0.4 is 10.6 Å². The zero-order valence-corrected chi connectivity index (χ0v) is 19.1. The number of nitrogens with one attached hydrogen (secondary N) is 2. The molecule has 7 nitrogen and oxygen atoms in total. The Kier molecular flexibility index (Phi) is 8.47. The van der Waals surface area contributed by atoms with Crippen LogP contribution in [0.15, 0.2) is 18.2 Å². The van der Waals surface area contributed by atoms with E-state index in [1.165, 1.54) is 6.92 Å². The first-order valence-electron chi connectivity index (χ1n) is 9.93. The molecule has 0 fully saturated rings. The van der Waals surface area contributed by atoms with Gasteiger partial charge in [-0.15, -0.1) is 0 Å². The molecule has 0 spiro atoms. The number of rotatable bonds is 6. The maximum Gasteiger partial charge on any atom is 0.408 e. The SMILES string of the molecule is C#CN(C(=O)C(C)NC(=O)OC(C)(C)C)C(C(=O)NC(C)C)c1cccc(C)c1C. The van der Waals surface area contributed by atoms with E-state index in [1.54, 1.807) is 26.8 Å². The molecule has 0 bridgehead atoms. The largest absolute Gasteiger partial charge is 0.444 e. The van der Waals surface area contributed by atoms with Crippen molar-refractivity contribution in [1.29, 1.82) is 0 Å². The van der Waals surface area contributed by atoms with E-state index in [-0.39, 0.29) is 6.04 Å². The number of aryl methyl sites for hydroxylation is 1. The van der Waals surface area contributed by atoms with Crippen molar-refractivity contribution in [3.63, 3.8) is 0 Å². The van der Waals surface area contributed by atoms with Gasteiger partial charge < -0.3 is 15.4 Å². The first-order valence-corrected chi connectivity index (χ1v) is 9.93. The molecule has 2 atom stereocenters. The highest BCUT2D eigenvalue weighted by Gasteiger charge is 2.35. The number of carbonyl (C=O) groups is 3. The highest BCUT2D eigenvalue weighted by molar-refractivity contribution is 5.93. The number of benzene rings is 1. The number of alkyl carbamates (subject to hydrolysis) is 1. The summed E-state index contributed by atoms with van der Waals surface area (Å²) >= 11 is 0. The Morgan fingerprint density at radius 1 is 1.10 bits per heavy atom. The van der Waals surface area contributed by atoms with Crippen LogP contribution >= 0.6 is 0 Å². The van der Waals surface area contributed by atoms with Crippen LogP contribution in [0.25, 0.3) is 0 Å². The summed E-state index contributed by atoms with van der Waals surface area (Å²) in [5.74, 6) is -0.984. The standard InChI is InChI=1S/C23H33N3O4/c1-10-26(21(28)17(6)25-22(29)30-23(7,8)9)19(20(27)24-14(2)3)18-13-11-12-15(4)16(18)5/h1,11-14,17,19H,2-9H3,(H,24,27)(H,25,29). The molecule has 0 aliphatic carbocycles. The van der Waals surface area contributed by atoms with Crippen LogP contribution in [0.3, 0.4) is 0 Å². The first-order chi connectivity index (χ1) is 13.8. The lowest BCUT2D eigenvalue weighted by Gasteiger charge is -2.30. The number of nitrogens with zero attached hydrogens (tertiary/aromatic N) is 1. The summed E-state index contributed by atoms with van der Waals surface area (Å²) in [5, 5.41) is 5.31. The Labute approximate surface area is 179 Å². The molecular weight excluding hydrogens is 382 g/mol. The van der Waals surface area contributed by atoms with Gasteiger partial charge in [0.05, 0.1) is 0 Å². The molecule has 7 heteroatoms. The van der Waals surface area contributed by atoms with Crippen molar-refractivity contribution in [2.45, 2.75) is 79.1 Å². The number of terminal acetylenes is 1. The van der Waals surface area contributed by atoms with Crippen molar-refractivity contribution < 1.29 is 19.1 Å². The normalized spacial score (nSPS) is 13.1. The van der Waals surface area contributed by atoms with Crippen LogP contribution in [0.1, 0.15) is 64.3 Å². The fourth-order valence-electron chi connectivity index (χ4n) is 2.85. The summed E-state index contributed by atoms with van der Waals surface area (Å²) in [7, 11) is 0. The number of carbonyl (C=O) groups excluding carboxylic acids is 3. The number of hydrogen-bond acceptors (Lipinski definition) is 4. The quantitative estimate of drug-likeness (QED) is 0.552. The van der Waals surface area contributed by atoms with Gasteiger partial charge in [0.25, 0.3) is 5.91 Å². The van der Waals surface area contributed by atoms with E-state index >= 15 is 0 Å². The minimum absolute atomic E-state index is 0.142. The van der Waals surface area contributed by atoms with E-state index in [9.17, 15) is 14.4 Å². The van der Waals surface area contributed by atoms with E-state index in [0.717, 1.165) is 16.0 Å². The van der Waals surface area contributed by atoms with E-state index in [2.05, 4.69) is 16.7 Å². The maximum atomic E-state index is 13.1. The van der Waals surface area contributed by atoms with Gasteiger partial charge in [0.15, 0.2) is 0 Å².